The van der Waals surface area contributed by atoms with Gasteiger partial charge in [-0.1, -0.05) is 27.7 Å². The van der Waals surface area contributed by atoms with E-state index in [0.717, 1.165) is 0 Å². The fourth-order valence-electron chi connectivity index (χ4n) is 3.12. The zero-order valence-corrected chi connectivity index (χ0v) is 12.2. The second-order valence-corrected chi connectivity index (χ2v) is 6.66. The zero-order valence-electron chi connectivity index (χ0n) is 12.2. The number of hydrogen-bond acceptors (Lipinski definition) is 4. The summed E-state index contributed by atoms with van der Waals surface area (Å²) >= 11 is 0. The number of nitrogens with two attached hydrogens (primary N) is 1. The Balaban J connectivity index is 1.81. The van der Waals surface area contributed by atoms with Crippen molar-refractivity contribution in [1.29, 1.82) is 0 Å². The van der Waals surface area contributed by atoms with Crippen molar-refractivity contribution in [3.05, 3.63) is 12.1 Å². The van der Waals surface area contributed by atoms with Crippen LogP contribution in [0.2, 0.25) is 0 Å². The zero-order chi connectivity index (χ0) is 14.7. The quantitative estimate of drug-likeness (QED) is 0.814. The molecule has 1 aromatic rings. The summed E-state index contributed by atoms with van der Waals surface area (Å²) < 4.78 is 10.6. The van der Waals surface area contributed by atoms with E-state index in [1.54, 1.807) is 12.1 Å². The SMILES string of the molecule is CC1(C)C(C(=O)Nc2cc3c(cc2N)OCO3)C1(C)C. The van der Waals surface area contributed by atoms with Crippen molar-refractivity contribution in [3.8, 4) is 11.5 Å². The molecule has 5 nitrogen and oxygen atoms in total. The predicted octanol–water partition coefficient (Wildman–Crippen LogP) is 2.62. The highest BCUT2D eigenvalue weighted by Crippen LogP contribution is 2.68. The number of ether oxygens (including phenoxy) is 2. The van der Waals surface area contributed by atoms with Crippen molar-refractivity contribution >= 4 is 17.3 Å². The monoisotopic (exact) mass is 276 g/mol. The molecule has 108 valence electrons. The Morgan fingerprint density at radius 1 is 1.20 bits per heavy atom. The van der Waals surface area contributed by atoms with Gasteiger partial charge in [-0.3, -0.25) is 4.79 Å². The normalized spacial score (nSPS) is 21.6. The van der Waals surface area contributed by atoms with Gasteiger partial charge >= 0.3 is 0 Å². The van der Waals surface area contributed by atoms with Gasteiger partial charge in [0.25, 0.3) is 0 Å². The van der Waals surface area contributed by atoms with Gasteiger partial charge in [-0.05, 0) is 10.8 Å². The molecule has 1 aromatic carbocycles. The molecule has 1 heterocycles. The lowest BCUT2D eigenvalue weighted by atomic mass is 10.0. The summed E-state index contributed by atoms with van der Waals surface area (Å²) in [5.41, 5.74) is 7.02. The Morgan fingerprint density at radius 3 is 2.30 bits per heavy atom. The first-order valence-corrected chi connectivity index (χ1v) is 6.75. The van der Waals surface area contributed by atoms with E-state index in [1.807, 2.05) is 0 Å². The van der Waals surface area contributed by atoms with Crippen LogP contribution in [0.25, 0.3) is 0 Å². The molecule has 0 radical (unpaired) electrons. The van der Waals surface area contributed by atoms with Crippen LogP contribution in [0.3, 0.4) is 0 Å². The van der Waals surface area contributed by atoms with Crippen LogP contribution < -0.4 is 20.5 Å². The fourth-order valence-corrected chi connectivity index (χ4v) is 3.12. The summed E-state index contributed by atoms with van der Waals surface area (Å²) in [4.78, 5) is 12.4. The Morgan fingerprint density at radius 2 is 1.75 bits per heavy atom. The number of fused-ring (bicyclic) bond motifs is 1. The van der Waals surface area contributed by atoms with Gasteiger partial charge in [-0.25, -0.2) is 0 Å². The molecule has 1 aliphatic carbocycles. The molecule has 5 heteroatoms. The van der Waals surface area contributed by atoms with E-state index < -0.39 is 0 Å². The summed E-state index contributed by atoms with van der Waals surface area (Å²) in [7, 11) is 0. The molecule has 0 unspecified atom stereocenters. The van der Waals surface area contributed by atoms with Crippen LogP contribution in [0.5, 0.6) is 11.5 Å². The van der Waals surface area contributed by atoms with E-state index in [4.69, 9.17) is 15.2 Å². The molecule has 0 saturated heterocycles. The van der Waals surface area contributed by atoms with Gasteiger partial charge < -0.3 is 20.5 Å². The highest BCUT2D eigenvalue weighted by molar-refractivity contribution is 5.98. The number of carbonyl (C=O) groups excluding carboxylic acids is 1. The van der Waals surface area contributed by atoms with E-state index in [0.29, 0.717) is 22.9 Å². The average Bonchev–Trinajstić information content (AvgIpc) is 2.64. The number of hydrogen-bond donors (Lipinski definition) is 2. The molecule has 1 saturated carbocycles. The lowest BCUT2D eigenvalue weighted by Crippen LogP contribution is -2.18. The second-order valence-electron chi connectivity index (χ2n) is 6.66. The third-order valence-electron chi connectivity index (χ3n) is 5.09. The number of amides is 1. The summed E-state index contributed by atoms with van der Waals surface area (Å²) in [6.07, 6.45) is 0. The maximum Gasteiger partial charge on any atom is 0.231 e. The summed E-state index contributed by atoms with van der Waals surface area (Å²) in [5, 5.41) is 2.91. The van der Waals surface area contributed by atoms with Crippen LogP contribution in [0.4, 0.5) is 11.4 Å². The third-order valence-corrected chi connectivity index (χ3v) is 5.09. The molecule has 1 amide bonds. The van der Waals surface area contributed by atoms with Crippen LogP contribution >= 0.6 is 0 Å². The molecule has 2 aliphatic rings. The maximum absolute atomic E-state index is 12.4. The molecular formula is C15H20N2O3. The van der Waals surface area contributed by atoms with Crippen molar-refractivity contribution in [2.45, 2.75) is 27.7 Å². The van der Waals surface area contributed by atoms with Crippen LogP contribution in [0.1, 0.15) is 27.7 Å². The number of benzene rings is 1. The largest absolute Gasteiger partial charge is 0.454 e. The van der Waals surface area contributed by atoms with Gasteiger partial charge in [0.15, 0.2) is 11.5 Å². The Kier molecular flexibility index (Phi) is 2.49. The van der Waals surface area contributed by atoms with Crippen LogP contribution in [-0.2, 0) is 4.79 Å². The van der Waals surface area contributed by atoms with Gasteiger partial charge in [0, 0.05) is 18.1 Å². The van der Waals surface area contributed by atoms with E-state index in [1.165, 1.54) is 0 Å². The second kappa shape index (κ2) is 3.81. The number of anilines is 2. The van der Waals surface area contributed by atoms with Gasteiger partial charge in [-0.2, -0.15) is 0 Å². The lowest BCUT2D eigenvalue weighted by molar-refractivity contribution is -0.118. The number of rotatable bonds is 2. The summed E-state index contributed by atoms with van der Waals surface area (Å²) in [6, 6.07) is 3.40. The average molecular weight is 276 g/mol. The van der Waals surface area contributed by atoms with Crippen molar-refractivity contribution < 1.29 is 14.3 Å². The minimum Gasteiger partial charge on any atom is -0.454 e. The highest BCUT2D eigenvalue weighted by atomic mass is 16.7. The van der Waals surface area contributed by atoms with Gasteiger partial charge in [0.2, 0.25) is 12.7 Å². The Labute approximate surface area is 118 Å². The topological polar surface area (TPSA) is 73.6 Å². The molecule has 1 aliphatic heterocycles. The molecular weight excluding hydrogens is 256 g/mol. The number of carbonyl (C=O) groups is 1. The smallest absolute Gasteiger partial charge is 0.231 e. The Hall–Kier alpha value is -1.91. The summed E-state index contributed by atoms with van der Waals surface area (Å²) in [5.74, 6) is 1.22. The van der Waals surface area contributed by atoms with Crippen LogP contribution in [-0.4, -0.2) is 12.7 Å². The molecule has 0 bridgehead atoms. The van der Waals surface area contributed by atoms with Crippen LogP contribution in [0, 0.1) is 16.7 Å². The van der Waals surface area contributed by atoms with Gasteiger partial charge in [0.05, 0.1) is 11.4 Å². The lowest BCUT2D eigenvalue weighted by Gasteiger charge is -2.10. The van der Waals surface area contributed by atoms with Gasteiger partial charge in [0.1, 0.15) is 0 Å². The molecule has 20 heavy (non-hydrogen) atoms. The van der Waals surface area contributed by atoms with Crippen molar-refractivity contribution in [2.75, 3.05) is 17.8 Å². The number of nitrogen functional groups attached to an aromatic ring is 1. The predicted molar refractivity (Wildman–Crippen MR) is 76.7 cm³/mol. The van der Waals surface area contributed by atoms with E-state index >= 15 is 0 Å². The Bertz CT molecular complexity index is 579. The molecule has 0 spiro atoms. The fraction of sp³-hybridized carbons (Fsp3) is 0.533. The highest BCUT2D eigenvalue weighted by Gasteiger charge is 2.68. The molecule has 0 aromatic heterocycles. The molecule has 3 N–H and O–H groups in total. The van der Waals surface area contributed by atoms with E-state index in [9.17, 15) is 4.79 Å². The standard InChI is InChI=1S/C15H20N2O3/c1-14(2)12(15(14,3)4)13(18)17-9-6-11-10(5-8(9)16)19-7-20-11/h5-6,12H,7,16H2,1-4H3,(H,17,18). The minimum atomic E-state index is -0.0141. The number of nitrogens with one attached hydrogen (secondary N) is 1. The van der Waals surface area contributed by atoms with Crippen molar-refractivity contribution in [1.82, 2.24) is 0 Å². The first-order valence-electron chi connectivity index (χ1n) is 6.75. The molecule has 3 rings (SSSR count). The first-order chi connectivity index (χ1) is 9.25. The van der Waals surface area contributed by atoms with Crippen molar-refractivity contribution in [3.63, 3.8) is 0 Å². The third kappa shape index (κ3) is 1.65. The maximum atomic E-state index is 12.4. The summed E-state index contributed by atoms with van der Waals surface area (Å²) in [6.45, 7) is 8.63. The van der Waals surface area contributed by atoms with Crippen molar-refractivity contribution in [2.24, 2.45) is 16.7 Å². The van der Waals surface area contributed by atoms with Crippen LogP contribution in [0.15, 0.2) is 12.1 Å². The van der Waals surface area contributed by atoms with E-state index in [2.05, 4.69) is 33.0 Å². The van der Waals surface area contributed by atoms with Gasteiger partial charge in [-0.15, -0.1) is 0 Å². The molecule has 0 atom stereocenters. The molecule has 1 fully saturated rings. The van der Waals surface area contributed by atoms with E-state index in [-0.39, 0.29) is 29.4 Å². The minimum absolute atomic E-state index is 0.00217. The first kappa shape index (κ1) is 13.1.